The molecule has 0 bridgehead atoms. The molecule has 30 heavy (non-hydrogen) atoms. The minimum absolute atomic E-state index is 0.00645. The average Bonchev–Trinajstić information content (AvgIpc) is 3.31. The number of nitro groups is 1. The Kier molecular flexibility index (Phi) is 6.35. The van der Waals surface area contributed by atoms with Crippen molar-refractivity contribution in [1.29, 1.82) is 0 Å². The van der Waals surface area contributed by atoms with Crippen LogP contribution in [0.4, 0.5) is 5.69 Å². The third-order valence-corrected chi connectivity index (χ3v) is 4.44. The number of methoxy groups -OCH3 is 1. The number of carbonyl (C=O) groups is 1. The lowest BCUT2D eigenvalue weighted by atomic mass is 10.3. The van der Waals surface area contributed by atoms with E-state index in [2.05, 4.69) is 10.4 Å². The van der Waals surface area contributed by atoms with E-state index in [0.29, 0.717) is 35.2 Å². The Morgan fingerprint density at radius 3 is 2.73 bits per heavy atom. The van der Waals surface area contributed by atoms with E-state index in [1.165, 1.54) is 4.68 Å². The third-order valence-electron chi connectivity index (χ3n) is 4.44. The molecule has 0 aliphatic heterocycles. The molecule has 0 spiro atoms. The molecule has 10 nitrogen and oxygen atoms in total. The molecule has 1 aromatic carbocycles. The van der Waals surface area contributed by atoms with Gasteiger partial charge in [0.25, 0.3) is 5.91 Å². The molecule has 158 valence electrons. The zero-order valence-corrected chi connectivity index (χ0v) is 16.9. The van der Waals surface area contributed by atoms with Gasteiger partial charge in [-0.15, -0.1) is 0 Å². The maximum atomic E-state index is 12.3. The first-order chi connectivity index (χ1) is 14.4. The van der Waals surface area contributed by atoms with E-state index in [1.807, 2.05) is 12.1 Å². The first-order valence-electron chi connectivity index (χ1n) is 9.21. The van der Waals surface area contributed by atoms with E-state index >= 15 is 0 Å². The van der Waals surface area contributed by atoms with Crippen LogP contribution in [0.1, 0.15) is 27.7 Å². The lowest BCUT2D eigenvalue weighted by molar-refractivity contribution is -0.386. The molecule has 0 aliphatic rings. The van der Waals surface area contributed by atoms with Gasteiger partial charge in [0.2, 0.25) is 0 Å². The van der Waals surface area contributed by atoms with Crippen molar-refractivity contribution in [2.24, 2.45) is 0 Å². The Balaban J connectivity index is 1.51. The second-order valence-electron chi connectivity index (χ2n) is 6.49. The molecule has 0 saturated heterocycles. The van der Waals surface area contributed by atoms with Crippen molar-refractivity contribution in [2.45, 2.75) is 27.0 Å². The Labute approximate surface area is 172 Å². The van der Waals surface area contributed by atoms with Gasteiger partial charge in [-0.1, -0.05) is 6.07 Å². The summed E-state index contributed by atoms with van der Waals surface area (Å²) in [6.45, 7) is 3.92. The lowest BCUT2D eigenvalue weighted by Gasteiger charge is -2.06. The van der Waals surface area contributed by atoms with Crippen LogP contribution in [0, 0.1) is 24.0 Å². The number of hydrogen-bond acceptors (Lipinski definition) is 7. The van der Waals surface area contributed by atoms with E-state index in [9.17, 15) is 14.9 Å². The fraction of sp³-hybridized carbons (Fsp3) is 0.300. The van der Waals surface area contributed by atoms with Gasteiger partial charge in [0.1, 0.15) is 35.3 Å². The molecule has 0 saturated carbocycles. The SMILES string of the molecule is COc1cccc(OCc2ccc(C(=O)NCCn3nc(C)c([N+](=O)[O-])c3C)o2)c1. The smallest absolute Gasteiger partial charge is 0.312 e. The average molecular weight is 414 g/mol. The van der Waals surface area contributed by atoms with Crippen LogP contribution in [0.5, 0.6) is 11.5 Å². The number of hydrogen-bond donors (Lipinski definition) is 1. The van der Waals surface area contributed by atoms with Crippen molar-refractivity contribution >= 4 is 11.6 Å². The van der Waals surface area contributed by atoms with Crippen LogP contribution in [0.25, 0.3) is 0 Å². The second-order valence-corrected chi connectivity index (χ2v) is 6.49. The van der Waals surface area contributed by atoms with Gasteiger partial charge in [-0.25, -0.2) is 0 Å². The third kappa shape index (κ3) is 4.77. The van der Waals surface area contributed by atoms with Gasteiger partial charge in [0, 0.05) is 12.6 Å². The monoisotopic (exact) mass is 414 g/mol. The zero-order valence-electron chi connectivity index (χ0n) is 16.9. The molecule has 1 amide bonds. The molecule has 0 fully saturated rings. The highest BCUT2D eigenvalue weighted by Gasteiger charge is 2.21. The highest BCUT2D eigenvalue weighted by atomic mass is 16.6. The van der Waals surface area contributed by atoms with Crippen LogP contribution in [0.3, 0.4) is 0 Å². The number of furan rings is 1. The van der Waals surface area contributed by atoms with E-state index in [1.54, 1.807) is 45.2 Å². The molecule has 2 heterocycles. The van der Waals surface area contributed by atoms with Crippen molar-refractivity contribution in [3.8, 4) is 11.5 Å². The van der Waals surface area contributed by atoms with Crippen molar-refractivity contribution in [2.75, 3.05) is 13.7 Å². The fourth-order valence-electron chi connectivity index (χ4n) is 2.95. The largest absolute Gasteiger partial charge is 0.497 e. The minimum atomic E-state index is -0.454. The Morgan fingerprint density at radius 2 is 2.03 bits per heavy atom. The molecule has 3 rings (SSSR count). The molecule has 0 radical (unpaired) electrons. The first kappa shape index (κ1) is 20.9. The molecule has 0 atom stereocenters. The van der Waals surface area contributed by atoms with Crippen LogP contribution < -0.4 is 14.8 Å². The summed E-state index contributed by atoms with van der Waals surface area (Å²) in [6, 6.07) is 10.4. The maximum Gasteiger partial charge on any atom is 0.312 e. The number of carbonyl (C=O) groups excluding carboxylic acids is 1. The molecule has 1 N–H and O–H groups in total. The standard InChI is InChI=1S/C20H22N4O6/c1-13-19(24(26)27)14(2)23(22-13)10-9-21-20(25)18-8-7-17(30-18)12-29-16-6-4-5-15(11-16)28-3/h4-8,11H,9-10,12H2,1-3H3,(H,21,25). The van der Waals surface area contributed by atoms with Crippen LogP contribution >= 0.6 is 0 Å². The number of aryl methyl sites for hydroxylation is 1. The van der Waals surface area contributed by atoms with Crippen molar-refractivity contribution in [3.63, 3.8) is 0 Å². The van der Waals surface area contributed by atoms with Gasteiger partial charge in [-0.05, 0) is 38.1 Å². The topological polar surface area (TPSA) is 122 Å². The number of amides is 1. The summed E-state index contributed by atoms with van der Waals surface area (Å²) in [7, 11) is 1.58. The summed E-state index contributed by atoms with van der Waals surface area (Å²) in [5.41, 5.74) is 0.783. The van der Waals surface area contributed by atoms with E-state index < -0.39 is 10.8 Å². The summed E-state index contributed by atoms with van der Waals surface area (Å²) >= 11 is 0. The van der Waals surface area contributed by atoms with Gasteiger partial charge < -0.3 is 19.2 Å². The van der Waals surface area contributed by atoms with Crippen LogP contribution in [0.15, 0.2) is 40.8 Å². The Hall–Kier alpha value is -3.82. The maximum absolute atomic E-state index is 12.3. The fourth-order valence-corrected chi connectivity index (χ4v) is 2.95. The molecule has 3 aromatic rings. The predicted molar refractivity (Wildman–Crippen MR) is 107 cm³/mol. The van der Waals surface area contributed by atoms with Gasteiger partial charge >= 0.3 is 5.69 Å². The minimum Gasteiger partial charge on any atom is -0.497 e. The number of rotatable bonds is 9. The van der Waals surface area contributed by atoms with E-state index in [-0.39, 0.29) is 24.6 Å². The van der Waals surface area contributed by atoms with Crippen LogP contribution in [0.2, 0.25) is 0 Å². The zero-order chi connectivity index (χ0) is 21.7. The summed E-state index contributed by atoms with van der Waals surface area (Å²) in [4.78, 5) is 22.9. The second kappa shape index (κ2) is 9.12. The predicted octanol–water partition coefficient (Wildman–Crippen LogP) is 3.02. The van der Waals surface area contributed by atoms with Crippen molar-refractivity contribution in [1.82, 2.24) is 15.1 Å². The highest BCUT2D eigenvalue weighted by molar-refractivity contribution is 5.91. The Morgan fingerprint density at radius 1 is 1.27 bits per heavy atom. The van der Waals surface area contributed by atoms with E-state index in [0.717, 1.165) is 0 Å². The van der Waals surface area contributed by atoms with Crippen molar-refractivity contribution < 1.29 is 23.6 Å². The summed E-state index contributed by atoms with van der Waals surface area (Å²) in [6.07, 6.45) is 0. The van der Waals surface area contributed by atoms with E-state index in [4.69, 9.17) is 13.9 Å². The van der Waals surface area contributed by atoms with Gasteiger partial charge in [0.15, 0.2) is 5.76 Å². The summed E-state index contributed by atoms with van der Waals surface area (Å²) < 4.78 is 17.8. The lowest BCUT2D eigenvalue weighted by Crippen LogP contribution is -2.27. The number of nitrogens with one attached hydrogen (secondary N) is 1. The van der Waals surface area contributed by atoms with Gasteiger partial charge in [-0.2, -0.15) is 5.10 Å². The van der Waals surface area contributed by atoms with Crippen molar-refractivity contribution in [3.05, 3.63) is 69.4 Å². The summed E-state index contributed by atoms with van der Waals surface area (Å²) in [5.74, 6) is 1.56. The van der Waals surface area contributed by atoms with Gasteiger partial charge in [-0.3, -0.25) is 19.6 Å². The first-order valence-corrected chi connectivity index (χ1v) is 9.21. The normalized spacial score (nSPS) is 10.6. The van der Waals surface area contributed by atoms with Crippen LogP contribution in [-0.2, 0) is 13.2 Å². The Bertz CT molecular complexity index is 1060. The molecule has 2 aromatic heterocycles. The van der Waals surface area contributed by atoms with Crippen LogP contribution in [-0.4, -0.2) is 34.3 Å². The molecular formula is C20H22N4O6. The molecule has 0 unspecified atom stereocenters. The van der Waals surface area contributed by atoms with Gasteiger partial charge in [0.05, 0.1) is 18.6 Å². The summed E-state index contributed by atoms with van der Waals surface area (Å²) in [5, 5.41) is 17.9. The highest BCUT2D eigenvalue weighted by Crippen LogP contribution is 2.22. The molecule has 0 aliphatic carbocycles. The molecular weight excluding hydrogens is 392 g/mol. The number of ether oxygens (including phenoxy) is 2. The quantitative estimate of drug-likeness (QED) is 0.422. The number of benzene rings is 1. The number of aromatic nitrogens is 2. The molecule has 10 heteroatoms. The number of nitrogens with zero attached hydrogens (tertiary/aromatic N) is 3.